The van der Waals surface area contributed by atoms with Gasteiger partial charge in [-0.1, -0.05) is 34.6 Å². The molecule has 2 rings (SSSR count). The summed E-state index contributed by atoms with van der Waals surface area (Å²) >= 11 is 0. The molecule has 4 nitrogen and oxygen atoms in total. The molecular formula is C17H32N2O2. The lowest BCUT2D eigenvalue weighted by atomic mass is 9.84. The van der Waals surface area contributed by atoms with E-state index in [1.165, 1.54) is 0 Å². The second kappa shape index (κ2) is 5.54. The summed E-state index contributed by atoms with van der Waals surface area (Å²) in [5.74, 6) is 0.00783. The molecule has 0 saturated heterocycles. The SMILES string of the molecule is CCN(CC(=O)O)C1CC(NC(C)C2C(C)(C)C2(C)C)C1. The Kier molecular flexibility index (Phi) is 4.42. The lowest BCUT2D eigenvalue weighted by Gasteiger charge is -2.43. The fourth-order valence-corrected chi connectivity index (χ4v) is 4.66. The van der Waals surface area contributed by atoms with Gasteiger partial charge in [-0.05, 0) is 43.1 Å². The highest BCUT2D eigenvalue weighted by Gasteiger charge is 2.66. The Labute approximate surface area is 129 Å². The van der Waals surface area contributed by atoms with Crippen molar-refractivity contribution in [1.82, 2.24) is 10.2 Å². The van der Waals surface area contributed by atoms with Gasteiger partial charge in [-0.15, -0.1) is 0 Å². The van der Waals surface area contributed by atoms with Crippen molar-refractivity contribution < 1.29 is 9.90 Å². The Morgan fingerprint density at radius 2 is 1.81 bits per heavy atom. The molecule has 0 amide bonds. The smallest absolute Gasteiger partial charge is 0.317 e. The standard InChI is InChI=1S/C17H32N2O2/c1-7-19(10-14(20)21)13-8-12(9-13)18-11(2)15-16(3,4)17(15,5)6/h11-13,15,18H,7-10H2,1-6H3,(H,20,21). The molecular weight excluding hydrogens is 264 g/mol. The summed E-state index contributed by atoms with van der Waals surface area (Å²) < 4.78 is 0. The predicted molar refractivity (Wildman–Crippen MR) is 85.3 cm³/mol. The fraction of sp³-hybridized carbons (Fsp3) is 0.941. The summed E-state index contributed by atoms with van der Waals surface area (Å²) in [6, 6.07) is 1.53. The van der Waals surface area contributed by atoms with Crippen LogP contribution in [-0.4, -0.2) is 47.2 Å². The maximum atomic E-state index is 10.9. The molecule has 1 atom stereocenters. The highest BCUT2D eigenvalue weighted by molar-refractivity contribution is 5.69. The van der Waals surface area contributed by atoms with Crippen LogP contribution in [0.2, 0.25) is 0 Å². The van der Waals surface area contributed by atoms with Gasteiger partial charge in [0.15, 0.2) is 0 Å². The molecule has 0 bridgehead atoms. The van der Waals surface area contributed by atoms with Crippen LogP contribution in [0.25, 0.3) is 0 Å². The van der Waals surface area contributed by atoms with Gasteiger partial charge >= 0.3 is 5.97 Å². The van der Waals surface area contributed by atoms with E-state index in [-0.39, 0.29) is 6.54 Å². The molecule has 21 heavy (non-hydrogen) atoms. The first-order valence-electron chi connectivity index (χ1n) is 8.33. The van der Waals surface area contributed by atoms with Gasteiger partial charge in [-0.25, -0.2) is 0 Å². The van der Waals surface area contributed by atoms with Gasteiger partial charge in [0.1, 0.15) is 0 Å². The molecule has 0 radical (unpaired) electrons. The van der Waals surface area contributed by atoms with Crippen LogP contribution in [0.3, 0.4) is 0 Å². The Balaban J connectivity index is 1.77. The van der Waals surface area contributed by atoms with E-state index in [9.17, 15) is 4.79 Å². The average Bonchev–Trinajstić information content (AvgIpc) is 2.70. The minimum atomic E-state index is -0.719. The molecule has 0 heterocycles. The summed E-state index contributed by atoms with van der Waals surface area (Å²) in [7, 11) is 0. The van der Waals surface area contributed by atoms with Gasteiger partial charge in [0, 0.05) is 18.1 Å². The van der Waals surface area contributed by atoms with Crippen molar-refractivity contribution >= 4 is 5.97 Å². The minimum absolute atomic E-state index is 0.173. The molecule has 0 aromatic rings. The van der Waals surface area contributed by atoms with Crippen molar-refractivity contribution in [3.8, 4) is 0 Å². The number of rotatable bonds is 7. The lowest BCUT2D eigenvalue weighted by molar-refractivity contribution is -0.139. The molecule has 2 fully saturated rings. The average molecular weight is 296 g/mol. The Bertz CT molecular complexity index is 386. The highest BCUT2D eigenvalue weighted by Crippen LogP contribution is 2.69. The van der Waals surface area contributed by atoms with Crippen molar-refractivity contribution in [3.63, 3.8) is 0 Å². The Hall–Kier alpha value is -0.610. The number of nitrogens with one attached hydrogen (secondary N) is 1. The summed E-state index contributed by atoms with van der Waals surface area (Å²) in [6.07, 6.45) is 2.16. The van der Waals surface area contributed by atoms with Gasteiger partial charge in [-0.2, -0.15) is 0 Å². The maximum Gasteiger partial charge on any atom is 0.317 e. The van der Waals surface area contributed by atoms with Crippen molar-refractivity contribution in [2.24, 2.45) is 16.7 Å². The zero-order valence-corrected chi connectivity index (χ0v) is 14.4. The third-order valence-electron chi connectivity index (χ3n) is 6.51. The van der Waals surface area contributed by atoms with Gasteiger partial charge < -0.3 is 10.4 Å². The molecule has 2 saturated carbocycles. The largest absolute Gasteiger partial charge is 0.480 e. The first-order chi connectivity index (χ1) is 9.61. The van der Waals surface area contributed by atoms with Gasteiger partial charge in [0.25, 0.3) is 0 Å². The molecule has 0 spiro atoms. The summed E-state index contributed by atoms with van der Waals surface area (Å²) in [6.45, 7) is 14.8. The van der Waals surface area contributed by atoms with Crippen molar-refractivity contribution in [1.29, 1.82) is 0 Å². The minimum Gasteiger partial charge on any atom is -0.480 e. The number of carboxylic acids is 1. The van der Waals surface area contributed by atoms with E-state index in [1.54, 1.807) is 0 Å². The van der Waals surface area contributed by atoms with Crippen molar-refractivity contribution in [2.75, 3.05) is 13.1 Å². The molecule has 122 valence electrons. The Morgan fingerprint density at radius 1 is 1.29 bits per heavy atom. The van der Waals surface area contributed by atoms with Crippen molar-refractivity contribution in [3.05, 3.63) is 0 Å². The fourth-order valence-electron chi connectivity index (χ4n) is 4.66. The third-order valence-corrected chi connectivity index (χ3v) is 6.51. The molecule has 2 N–H and O–H groups in total. The number of likely N-dealkylation sites (N-methyl/N-ethyl adjacent to an activating group) is 1. The number of hydrogen-bond acceptors (Lipinski definition) is 3. The quantitative estimate of drug-likeness (QED) is 0.758. The molecule has 2 aliphatic carbocycles. The zero-order chi connectivity index (χ0) is 16.0. The first kappa shape index (κ1) is 16.8. The number of carbonyl (C=O) groups is 1. The zero-order valence-electron chi connectivity index (χ0n) is 14.4. The van der Waals surface area contributed by atoms with Gasteiger partial charge in [-0.3, -0.25) is 9.69 Å². The van der Waals surface area contributed by atoms with E-state index in [0.717, 1.165) is 25.3 Å². The number of carboxylic acid groups (broad SMARTS) is 1. The van der Waals surface area contributed by atoms with Crippen LogP contribution in [0.1, 0.15) is 54.4 Å². The van der Waals surface area contributed by atoms with Gasteiger partial charge in [0.2, 0.25) is 0 Å². The van der Waals surface area contributed by atoms with E-state index in [4.69, 9.17) is 5.11 Å². The van der Waals surface area contributed by atoms with E-state index in [0.29, 0.717) is 29.0 Å². The molecule has 2 aliphatic rings. The summed E-state index contributed by atoms with van der Waals surface area (Å²) in [4.78, 5) is 12.9. The molecule has 0 aliphatic heterocycles. The highest BCUT2D eigenvalue weighted by atomic mass is 16.4. The maximum absolute atomic E-state index is 10.9. The number of hydrogen-bond donors (Lipinski definition) is 2. The van der Waals surface area contributed by atoms with E-state index in [1.807, 2.05) is 6.92 Å². The third kappa shape index (κ3) is 2.98. The van der Waals surface area contributed by atoms with Crippen LogP contribution >= 0.6 is 0 Å². The van der Waals surface area contributed by atoms with Crippen LogP contribution < -0.4 is 5.32 Å². The van der Waals surface area contributed by atoms with E-state index < -0.39 is 5.97 Å². The number of aliphatic carboxylic acids is 1. The summed E-state index contributed by atoms with van der Waals surface area (Å²) in [5, 5.41) is 12.7. The predicted octanol–water partition coefficient (Wildman–Crippen LogP) is 2.58. The van der Waals surface area contributed by atoms with E-state index in [2.05, 4.69) is 44.8 Å². The number of nitrogens with zero attached hydrogens (tertiary/aromatic N) is 1. The second-order valence-electron chi connectivity index (χ2n) is 8.16. The molecule has 1 unspecified atom stereocenters. The first-order valence-corrected chi connectivity index (χ1v) is 8.33. The van der Waals surface area contributed by atoms with Crippen LogP contribution in [0, 0.1) is 16.7 Å². The van der Waals surface area contributed by atoms with Crippen LogP contribution in [0.15, 0.2) is 0 Å². The second-order valence-corrected chi connectivity index (χ2v) is 8.16. The Morgan fingerprint density at radius 3 is 2.19 bits per heavy atom. The van der Waals surface area contributed by atoms with E-state index >= 15 is 0 Å². The van der Waals surface area contributed by atoms with Crippen LogP contribution in [-0.2, 0) is 4.79 Å². The summed E-state index contributed by atoms with van der Waals surface area (Å²) in [5.41, 5.74) is 0.836. The molecule has 0 aromatic carbocycles. The lowest BCUT2D eigenvalue weighted by Crippen LogP contribution is -2.55. The van der Waals surface area contributed by atoms with Crippen molar-refractivity contribution in [2.45, 2.75) is 72.5 Å². The van der Waals surface area contributed by atoms with Gasteiger partial charge in [0.05, 0.1) is 6.54 Å². The molecule has 0 aromatic heterocycles. The van der Waals surface area contributed by atoms with Crippen LogP contribution in [0.4, 0.5) is 0 Å². The van der Waals surface area contributed by atoms with Crippen LogP contribution in [0.5, 0.6) is 0 Å². The molecule has 4 heteroatoms. The monoisotopic (exact) mass is 296 g/mol. The topological polar surface area (TPSA) is 52.6 Å². The normalized spacial score (nSPS) is 31.8.